The van der Waals surface area contributed by atoms with Crippen molar-refractivity contribution in [3.05, 3.63) is 59.2 Å². The van der Waals surface area contributed by atoms with Crippen LogP contribution in [-0.4, -0.2) is 20.1 Å². The maximum atomic E-state index is 12.6. The molecule has 0 aliphatic carbocycles. The van der Waals surface area contributed by atoms with Crippen LogP contribution in [0.25, 0.3) is 0 Å². The van der Waals surface area contributed by atoms with Crippen LogP contribution >= 0.6 is 0 Å². The third-order valence-corrected chi connectivity index (χ3v) is 3.73. The molecule has 1 N–H and O–H groups in total. The van der Waals surface area contributed by atoms with E-state index in [9.17, 15) is 18.0 Å². The minimum Gasteiger partial charge on any atom is -0.497 e. The Balaban J connectivity index is 2.17. The highest BCUT2D eigenvalue weighted by Gasteiger charge is 2.30. The maximum Gasteiger partial charge on any atom is 0.416 e. The zero-order valence-corrected chi connectivity index (χ0v) is 14.0. The summed E-state index contributed by atoms with van der Waals surface area (Å²) in [5, 5.41) is 2.74. The number of hydrogen-bond acceptors (Lipinski definition) is 3. The van der Waals surface area contributed by atoms with Crippen LogP contribution in [0, 0.1) is 0 Å². The highest BCUT2D eigenvalue weighted by Crippen LogP contribution is 2.30. The van der Waals surface area contributed by atoms with E-state index in [4.69, 9.17) is 9.47 Å². The predicted molar refractivity (Wildman–Crippen MR) is 86.9 cm³/mol. The Labute approximate surface area is 143 Å². The van der Waals surface area contributed by atoms with Crippen molar-refractivity contribution in [2.24, 2.45) is 0 Å². The van der Waals surface area contributed by atoms with Crippen LogP contribution in [0.3, 0.4) is 0 Å². The molecule has 2 rings (SSSR count). The van der Waals surface area contributed by atoms with Crippen molar-refractivity contribution >= 4 is 5.91 Å². The molecule has 134 valence electrons. The van der Waals surface area contributed by atoms with Crippen LogP contribution in [0.2, 0.25) is 0 Å². The van der Waals surface area contributed by atoms with Crippen LogP contribution in [0.1, 0.15) is 34.5 Å². The molecule has 1 amide bonds. The Morgan fingerprint density at radius 2 is 1.68 bits per heavy atom. The fourth-order valence-electron chi connectivity index (χ4n) is 2.35. The molecular formula is C18H18F3NO3. The first-order valence-corrected chi connectivity index (χ1v) is 7.46. The van der Waals surface area contributed by atoms with Crippen molar-refractivity contribution in [3.63, 3.8) is 0 Å². The van der Waals surface area contributed by atoms with Gasteiger partial charge in [-0.25, -0.2) is 0 Å². The first-order valence-electron chi connectivity index (χ1n) is 7.46. The second-order valence-electron chi connectivity index (χ2n) is 5.38. The van der Waals surface area contributed by atoms with Crippen molar-refractivity contribution in [3.8, 4) is 11.5 Å². The molecule has 0 radical (unpaired) electrons. The summed E-state index contributed by atoms with van der Waals surface area (Å²) in [5.74, 6) is 0.693. The van der Waals surface area contributed by atoms with Gasteiger partial charge in [0, 0.05) is 11.1 Å². The topological polar surface area (TPSA) is 47.6 Å². The standard InChI is InChI=1S/C18H18F3NO3/c1-11(15-10-14(24-2)8-9-16(15)25-3)22-17(23)12-4-6-13(7-5-12)18(19,20)21/h4-11H,1-3H3,(H,22,23). The maximum absolute atomic E-state index is 12.6. The molecule has 4 nitrogen and oxygen atoms in total. The smallest absolute Gasteiger partial charge is 0.416 e. The Kier molecular flexibility index (Phi) is 5.56. The lowest BCUT2D eigenvalue weighted by Crippen LogP contribution is -2.27. The minimum atomic E-state index is -4.43. The van der Waals surface area contributed by atoms with Gasteiger partial charge in [-0.15, -0.1) is 0 Å². The predicted octanol–water partition coefficient (Wildman–Crippen LogP) is 4.21. The molecule has 0 aliphatic rings. The highest BCUT2D eigenvalue weighted by atomic mass is 19.4. The Morgan fingerprint density at radius 3 is 2.20 bits per heavy atom. The van der Waals surface area contributed by atoms with E-state index in [1.165, 1.54) is 14.2 Å². The van der Waals surface area contributed by atoms with E-state index in [1.807, 2.05) is 0 Å². The SMILES string of the molecule is COc1ccc(OC)c(C(C)NC(=O)c2ccc(C(F)(F)F)cc2)c1. The van der Waals surface area contributed by atoms with Crippen LogP contribution in [0.15, 0.2) is 42.5 Å². The average Bonchev–Trinajstić information content (AvgIpc) is 2.60. The summed E-state index contributed by atoms with van der Waals surface area (Å²) in [4.78, 5) is 12.3. The average molecular weight is 353 g/mol. The van der Waals surface area contributed by atoms with Gasteiger partial charge in [-0.2, -0.15) is 13.2 Å². The fraction of sp³-hybridized carbons (Fsp3) is 0.278. The van der Waals surface area contributed by atoms with E-state index in [0.29, 0.717) is 17.1 Å². The summed E-state index contributed by atoms with van der Waals surface area (Å²) in [7, 11) is 3.03. The van der Waals surface area contributed by atoms with Crippen LogP contribution < -0.4 is 14.8 Å². The van der Waals surface area contributed by atoms with Crippen molar-refractivity contribution in [1.82, 2.24) is 5.32 Å². The van der Waals surface area contributed by atoms with E-state index in [0.717, 1.165) is 24.3 Å². The van der Waals surface area contributed by atoms with Gasteiger partial charge in [-0.05, 0) is 49.4 Å². The molecule has 1 atom stereocenters. The normalized spacial score (nSPS) is 12.4. The Hall–Kier alpha value is -2.70. The summed E-state index contributed by atoms with van der Waals surface area (Å²) in [6.45, 7) is 1.75. The van der Waals surface area contributed by atoms with Gasteiger partial charge in [-0.1, -0.05) is 0 Å². The van der Waals surface area contributed by atoms with Gasteiger partial charge in [0.2, 0.25) is 0 Å². The van der Waals surface area contributed by atoms with Crippen LogP contribution in [0.4, 0.5) is 13.2 Å². The summed E-state index contributed by atoms with van der Waals surface area (Å²) < 4.78 is 48.2. The van der Waals surface area contributed by atoms with Gasteiger partial charge in [0.25, 0.3) is 5.91 Å². The second kappa shape index (κ2) is 7.46. The number of amides is 1. The van der Waals surface area contributed by atoms with Crippen LogP contribution in [-0.2, 0) is 6.18 Å². The lowest BCUT2D eigenvalue weighted by Gasteiger charge is -2.18. The molecule has 0 bridgehead atoms. The molecule has 0 fully saturated rings. The van der Waals surface area contributed by atoms with E-state index in [-0.39, 0.29) is 5.56 Å². The van der Waals surface area contributed by atoms with Crippen LogP contribution in [0.5, 0.6) is 11.5 Å². The third-order valence-electron chi connectivity index (χ3n) is 3.73. The fourth-order valence-corrected chi connectivity index (χ4v) is 2.35. The zero-order chi connectivity index (χ0) is 18.6. The first-order chi connectivity index (χ1) is 11.8. The summed E-state index contributed by atoms with van der Waals surface area (Å²) in [5.41, 5.74) is 0.0374. The molecular weight excluding hydrogens is 335 g/mol. The van der Waals surface area contributed by atoms with Gasteiger partial charge in [0.15, 0.2) is 0 Å². The number of methoxy groups -OCH3 is 2. The Morgan fingerprint density at radius 1 is 1.04 bits per heavy atom. The molecule has 1 unspecified atom stereocenters. The molecule has 7 heteroatoms. The van der Waals surface area contributed by atoms with Crippen molar-refractivity contribution < 1.29 is 27.4 Å². The molecule has 25 heavy (non-hydrogen) atoms. The van der Waals surface area contributed by atoms with Crippen molar-refractivity contribution in [2.45, 2.75) is 19.1 Å². The lowest BCUT2D eigenvalue weighted by atomic mass is 10.1. The van der Waals surface area contributed by atoms with Gasteiger partial charge in [0.1, 0.15) is 11.5 Å². The number of alkyl halides is 3. The van der Waals surface area contributed by atoms with Crippen molar-refractivity contribution in [2.75, 3.05) is 14.2 Å². The number of hydrogen-bond donors (Lipinski definition) is 1. The molecule has 2 aromatic rings. The molecule has 0 saturated heterocycles. The van der Waals surface area contributed by atoms with E-state index in [2.05, 4.69) is 5.32 Å². The second-order valence-corrected chi connectivity index (χ2v) is 5.38. The van der Waals surface area contributed by atoms with E-state index < -0.39 is 23.7 Å². The Bertz CT molecular complexity index is 742. The quantitative estimate of drug-likeness (QED) is 0.876. The number of benzene rings is 2. The van der Waals surface area contributed by atoms with E-state index in [1.54, 1.807) is 25.1 Å². The van der Waals surface area contributed by atoms with Crippen molar-refractivity contribution in [1.29, 1.82) is 0 Å². The molecule has 2 aromatic carbocycles. The number of rotatable bonds is 5. The van der Waals surface area contributed by atoms with Gasteiger partial charge in [-0.3, -0.25) is 4.79 Å². The summed E-state index contributed by atoms with van der Waals surface area (Å²) in [6, 6.07) is 8.80. The number of ether oxygens (including phenoxy) is 2. The summed E-state index contributed by atoms with van der Waals surface area (Å²) >= 11 is 0. The number of carbonyl (C=O) groups excluding carboxylic acids is 1. The monoisotopic (exact) mass is 353 g/mol. The summed E-state index contributed by atoms with van der Waals surface area (Å²) in [6.07, 6.45) is -4.43. The molecule has 0 heterocycles. The van der Waals surface area contributed by atoms with Gasteiger partial charge >= 0.3 is 6.18 Å². The molecule has 0 aliphatic heterocycles. The molecule has 0 saturated carbocycles. The zero-order valence-electron chi connectivity index (χ0n) is 14.0. The first kappa shape index (κ1) is 18.6. The lowest BCUT2D eigenvalue weighted by molar-refractivity contribution is -0.137. The third kappa shape index (κ3) is 4.43. The highest BCUT2D eigenvalue weighted by molar-refractivity contribution is 5.94. The number of halogens is 3. The largest absolute Gasteiger partial charge is 0.497 e. The number of nitrogens with one attached hydrogen (secondary N) is 1. The molecule has 0 spiro atoms. The molecule has 0 aromatic heterocycles. The van der Waals surface area contributed by atoms with Gasteiger partial charge < -0.3 is 14.8 Å². The van der Waals surface area contributed by atoms with Gasteiger partial charge in [0.05, 0.1) is 25.8 Å². The number of carbonyl (C=O) groups is 1. The van der Waals surface area contributed by atoms with E-state index >= 15 is 0 Å². The minimum absolute atomic E-state index is 0.140.